The van der Waals surface area contributed by atoms with Crippen LogP contribution in [-0.4, -0.2) is 75.1 Å². The summed E-state index contributed by atoms with van der Waals surface area (Å²) < 4.78 is 7.10. The van der Waals surface area contributed by atoms with E-state index in [0.717, 1.165) is 34.4 Å². The van der Waals surface area contributed by atoms with Crippen molar-refractivity contribution in [1.82, 2.24) is 24.6 Å². The molecular formula is C25H29N5O3S. The molecule has 3 aromatic rings. The number of carbonyl (C=O) groups is 2. The number of rotatable bonds is 8. The van der Waals surface area contributed by atoms with E-state index in [-0.39, 0.29) is 12.0 Å². The lowest BCUT2D eigenvalue weighted by Gasteiger charge is -2.34. The van der Waals surface area contributed by atoms with Gasteiger partial charge in [0.15, 0.2) is 11.0 Å². The second kappa shape index (κ2) is 11.7. The zero-order valence-corrected chi connectivity index (χ0v) is 20.1. The van der Waals surface area contributed by atoms with Crippen LogP contribution in [0.5, 0.6) is 0 Å². The SMILES string of the molecule is CCOC(=O)N1CCN(C(=O)CCCSc2nnc(-c3ccccc3)n2-c2ccccc2)CC1. The largest absolute Gasteiger partial charge is 0.450 e. The molecule has 4 rings (SSSR count). The number of aromatic nitrogens is 3. The average Bonchev–Trinajstić information content (AvgIpc) is 3.31. The molecule has 178 valence electrons. The maximum absolute atomic E-state index is 12.6. The summed E-state index contributed by atoms with van der Waals surface area (Å²) in [6.07, 6.45) is 0.907. The number of carbonyl (C=O) groups excluding carboxylic acids is 2. The van der Waals surface area contributed by atoms with E-state index < -0.39 is 0 Å². The summed E-state index contributed by atoms with van der Waals surface area (Å²) in [7, 11) is 0. The quantitative estimate of drug-likeness (QED) is 0.357. The fourth-order valence-corrected chi connectivity index (χ4v) is 4.74. The first-order valence-electron chi connectivity index (χ1n) is 11.6. The molecular weight excluding hydrogens is 450 g/mol. The maximum Gasteiger partial charge on any atom is 0.409 e. The van der Waals surface area contributed by atoms with Crippen molar-refractivity contribution in [3.63, 3.8) is 0 Å². The van der Waals surface area contributed by atoms with E-state index in [1.54, 1.807) is 23.6 Å². The van der Waals surface area contributed by atoms with Crippen LogP contribution in [0.25, 0.3) is 17.1 Å². The number of amides is 2. The smallest absolute Gasteiger partial charge is 0.409 e. The minimum Gasteiger partial charge on any atom is -0.450 e. The Balaban J connectivity index is 1.33. The summed E-state index contributed by atoms with van der Waals surface area (Å²) in [5.41, 5.74) is 2.01. The van der Waals surface area contributed by atoms with Crippen LogP contribution in [0.1, 0.15) is 19.8 Å². The molecule has 1 aromatic heterocycles. The first-order chi connectivity index (χ1) is 16.7. The van der Waals surface area contributed by atoms with Crippen LogP contribution < -0.4 is 0 Å². The van der Waals surface area contributed by atoms with Gasteiger partial charge in [-0.2, -0.15) is 0 Å². The third-order valence-corrected chi connectivity index (χ3v) is 6.62. The van der Waals surface area contributed by atoms with Crippen molar-refractivity contribution in [2.75, 3.05) is 38.5 Å². The van der Waals surface area contributed by atoms with Crippen molar-refractivity contribution in [2.45, 2.75) is 24.9 Å². The number of para-hydroxylation sites is 1. The standard InChI is InChI=1S/C25H29N5O3S/c1-2-33-25(32)29-17-15-28(16-18-29)22(31)14-9-19-34-24-27-26-23(20-10-5-3-6-11-20)30(24)21-12-7-4-8-13-21/h3-8,10-13H,2,9,14-19H2,1H3. The zero-order valence-electron chi connectivity index (χ0n) is 19.3. The molecule has 0 spiro atoms. The van der Waals surface area contributed by atoms with E-state index >= 15 is 0 Å². The van der Waals surface area contributed by atoms with Gasteiger partial charge in [-0.25, -0.2) is 4.79 Å². The van der Waals surface area contributed by atoms with E-state index in [0.29, 0.717) is 39.2 Å². The van der Waals surface area contributed by atoms with Crippen molar-refractivity contribution >= 4 is 23.8 Å². The van der Waals surface area contributed by atoms with Gasteiger partial charge in [0.1, 0.15) is 0 Å². The highest BCUT2D eigenvalue weighted by atomic mass is 32.2. The third-order valence-electron chi connectivity index (χ3n) is 5.60. The molecule has 0 saturated carbocycles. The first kappa shape index (κ1) is 23.8. The highest BCUT2D eigenvalue weighted by Crippen LogP contribution is 2.28. The summed E-state index contributed by atoms with van der Waals surface area (Å²) in [6.45, 7) is 4.28. The predicted molar refractivity (Wildman–Crippen MR) is 132 cm³/mol. The van der Waals surface area contributed by atoms with Crippen LogP contribution in [0.15, 0.2) is 65.8 Å². The van der Waals surface area contributed by atoms with E-state index in [1.165, 1.54) is 0 Å². The number of hydrogen-bond acceptors (Lipinski definition) is 6. The zero-order chi connectivity index (χ0) is 23.8. The van der Waals surface area contributed by atoms with Gasteiger partial charge in [0.25, 0.3) is 0 Å². The molecule has 8 nitrogen and oxygen atoms in total. The van der Waals surface area contributed by atoms with Crippen LogP contribution in [-0.2, 0) is 9.53 Å². The predicted octanol–water partition coefficient (Wildman–Crippen LogP) is 4.11. The fraction of sp³-hybridized carbons (Fsp3) is 0.360. The lowest BCUT2D eigenvalue weighted by atomic mass is 10.2. The van der Waals surface area contributed by atoms with Crippen LogP contribution in [0.4, 0.5) is 4.79 Å². The van der Waals surface area contributed by atoms with Crippen molar-refractivity contribution in [3.05, 3.63) is 60.7 Å². The Morgan fingerprint density at radius 2 is 1.56 bits per heavy atom. The molecule has 2 aromatic carbocycles. The first-order valence-corrected chi connectivity index (χ1v) is 12.5. The Hall–Kier alpha value is -3.33. The highest BCUT2D eigenvalue weighted by Gasteiger charge is 2.24. The Bertz CT molecular complexity index is 1080. The molecule has 34 heavy (non-hydrogen) atoms. The number of ether oxygens (including phenoxy) is 1. The van der Waals surface area contributed by atoms with Gasteiger partial charge >= 0.3 is 6.09 Å². The lowest BCUT2D eigenvalue weighted by Crippen LogP contribution is -2.50. The van der Waals surface area contributed by atoms with Gasteiger partial charge in [0.05, 0.1) is 6.61 Å². The Morgan fingerprint density at radius 3 is 2.24 bits per heavy atom. The van der Waals surface area contributed by atoms with E-state index in [9.17, 15) is 9.59 Å². The molecule has 0 atom stereocenters. The molecule has 1 saturated heterocycles. The normalized spacial score (nSPS) is 13.7. The summed E-state index contributed by atoms with van der Waals surface area (Å²) in [5.74, 6) is 1.68. The molecule has 1 aliphatic heterocycles. The molecule has 0 N–H and O–H groups in total. The van der Waals surface area contributed by atoms with Gasteiger partial charge in [-0.05, 0) is 25.5 Å². The molecule has 1 aliphatic rings. The molecule has 2 amide bonds. The second-order valence-electron chi connectivity index (χ2n) is 7.86. The van der Waals surface area contributed by atoms with Gasteiger partial charge in [0, 0.05) is 49.6 Å². The van der Waals surface area contributed by atoms with Gasteiger partial charge in [-0.3, -0.25) is 9.36 Å². The van der Waals surface area contributed by atoms with Gasteiger partial charge in [0.2, 0.25) is 5.91 Å². The van der Waals surface area contributed by atoms with Crippen molar-refractivity contribution < 1.29 is 14.3 Å². The number of benzene rings is 2. The maximum atomic E-state index is 12.6. The Morgan fingerprint density at radius 1 is 0.912 bits per heavy atom. The minimum absolute atomic E-state index is 0.124. The molecule has 9 heteroatoms. The number of piperazine rings is 1. The fourth-order valence-electron chi connectivity index (χ4n) is 3.85. The van der Waals surface area contributed by atoms with Crippen molar-refractivity contribution in [3.8, 4) is 17.1 Å². The summed E-state index contributed by atoms with van der Waals surface area (Å²) in [6, 6.07) is 20.1. The van der Waals surface area contributed by atoms with Crippen LogP contribution in [0.2, 0.25) is 0 Å². The van der Waals surface area contributed by atoms with Crippen molar-refractivity contribution in [1.29, 1.82) is 0 Å². The monoisotopic (exact) mass is 479 g/mol. The molecule has 0 bridgehead atoms. The second-order valence-corrected chi connectivity index (χ2v) is 8.92. The Kier molecular flexibility index (Phi) is 8.19. The summed E-state index contributed by atoms with van der Waals surface area (Å²) in [4.78, 5) is 28.0. The number of hydrogen-bond donors (Lipinski definition) is 0. The molecule has 1 fully saturated rings. The highest BCUT2D eigenvalue weighted by molar-refractivity contribution is 7.99. The average molecular weight is 480 g/mol. The van der Waals surface area contributed by atoms with Crippen molar-refractivity contribution in [2.24, 2.45) is 0 Å². The Labute approximate surface area is 203 Å². The molecule has 0 radical (unpaired) electrons. The molecule has 2 heterocycles. The van der Waals surface area contributed by atoms with Crippen LogP contribution in [0, 0.1) is 0 Å². The minimum atomic E-state index is -0.302. The third kappa shape index (κ3) is 5.77. The summed E-state index contributed by atoms with van der Waals surface area (Å²) in [5, 5.41) is 9.71. The van der Waals surface area contributed by atoms with E-state index in [2.05, 4.69) is 14.8 Å². The summed E-state index contributed by atoms with van der Waals surface area (Å²) >= 11 is 1.60. The molecule has 0 aliphatic carbocycles. The number of thioether (sulfide) groups is 1. The number of nitrogens with zero attached hydrogens (tertiary/aromatic N) is 5. The van der Waals surface area contributed by atoms with Gasteiger partial charge in [-0.1, -0.05) is 60.3 Å². The van der Waals surface area contributed by atoms with Crippen LogP contribution >= 0.6 is 11.8 Å². The van der Waals surface area contributed by atoms with Crippen LogP contribution in [0.3, 0.4) is 0 Å². The van der Waals surface area contributed by atoms with Gasteiger partial charge < -0.3 is 14.5 Å². The van der Waals surface area contributed by atoms with Gasteiger partial charge in [-0.15, -0.1) is 10.2 Å². The lowest BCUT2D eigenvalue weighted by molar-refractivity contribution is -0.132. The topological polar surface area (TPSA) is 80.6 Å². The molecule has 0 unspecified atom stereocenters. The van der Waals surface area contributed by atoms with E-state index in [4.69, 9.17) is 4.74 Å². The van der Waals surface area contributed by atoms with E-state index in [1.807, 2.05) is 65.6 Å².